The maximum Gasteiger partial charge on any atom is 0.306 e. The van der Waals surface area contributed by atoms with Crippen LogP contribution in [0.4, 0.5) is 11.4 Å². The molecule has 0 fully saturated rings. The Morgan fingerprint density at radius 2 is 2.00 bits per heavy atom. The molecular formula is C18H20N6O4. The molecule has 3 aromatic rings. The van der Waals surface area contributed by atoms with Gasteiger partial charge in [-0.1, -0.05) is 17.7 Å². The summed E-state index contributed by atoms with van der Waals surface area (Å²) in [7, 11) is 0. The fourth-order valence-corrected chi connectivity index (χ4v) is 2.60. The Bertz CT molecular complexity index is 994. The van der Waals surface area contributed by atoms with Crippen molar-refractivity contribution < 1.29 is 14.5 Å². The molecule has 0 bridgehead atoms. The highest BCUT2D eigenvalue weighted by atomic mass is 16.6. The molecule has 2 heterocycles. The molecule has 0 radical (unpaired) electrons. The highest BCUT2D eigenvalue weighted by Gasteiger charge is 2.10. The second-order valence-electron chi connectivity index (χ2n) is 6.33. The van der Waals surface area contributed by atoms with Crippen molar-refractivity contribution in [3.8, 4) is 5.75 Å². The van der Waals surface area contributed by atoms with Crippen molar-refractivity contribution in [3.63, 3.8) is 0 Å². The van der Waals surface area contributed by atoms with Crippen LogP contribution in [0.5, 0.6) is 5.75 Å². The summed E-state index contributed by atoms with van der Waals surface area (Å²) >= 11 is 0. The molecule has 146 valence electrons. The smallest absolute Gasteiger partial charge is 0.306 e. The van der Waals surface area contributed by atoms with E-state index in [-0.39, 0.29) is 31.3 Å². The van der Waals surface area contributed by atoms with Crippen molar-refractivity contribution in [2.24, 2.45) is 0 Å². The van der Waals surface area contributed by atoms with Crippen LogP contribution in [-0.4, -0.2) is 30.4 Å². The molecule has 0 aliphatic carbocycles. The van der Waals surface area contributed by atoms with Crippen molar-refractivity contribution in [1.82, 2.24) is 19.6 Å². The SMILES string of the molecule is Cc1ccc(OCn2cc(NC(=O)CCn3cc([N+](=O)[O-])cn3)cn2)c(C)c1. The summed E-state index contributed by atoms with van der Waals surface area (Å²) in [6, 6.07) is 5.93. The summed E-state index contributed by atoms with van der Waals surface area (Å²) in [5.41, 5.74) is 2.64. The largest absolute Gasteiger partial charge is 0.471 e. The predicted octanol–water partition coefficient (Wildman–Crippen LogP) is 2.67. The van der Waals surface area contributed by atoms with Crippen molar-refractivity contribution in [2.75, 3.05) is 5.32 Å². The van der Waals surface area contributed by atoms with Gasteiger partial charge < -0.3 is 10.1 Å². The molecule has 10 heteroatoms. The van der Waals surface area contributed by atoms with E-state index in [9.17, 15) is 14.9 Å². The number of nitrogens with one attached hydrogen (secondary N) is 1. The number of carbonyl (C=O) groups excluding carboxylic acids is 1. The number of rotatable bonds is 8. The lowest BCUT2D eigenvalue weighted by Gasteiger charge is -2.09. The highest BCUT2D eigenvalue weighted by molar-refractivity contribution is 5.90. The van der Waals surface area contributed by atoms with Crippen LogP contribution in [0.2, 0.25) is 0 Å². The average molecular weight is 384 g/mol. The molecule has 0 saturated heterocycles. The van der Waals surface area contributed by atoms with Gasteiger partial charge in [0, 0.05) is 13.0 Å². The fraction of sp³-hybridized carbons (Fsp3) is 0.278. The van der Waals surface area contributed by atoms with Gasteiger partial charge in [0.15, 0.2) is 6.73 Å². The zero-order valence-electron chi connectivity index (χ0n) is 15.5. The first-order chi connectivity index (χ1) is 13.4. The number of benzene rings is 1. The maximum atomic E-state index is 12.0. The minimum absolute atomic E-state index is 0.106. The molecule has 3 rings (SSSR count). The van der Waals surface area contributed by atoms with E-state index in [4.69, 9.17) is 4.74 Å². The number of aryl methyl sites for hydroxylation is 3. The minimum Gasteiger partial charge on any atom is -0.471 e. The van der Waals surface area contributed by atoms with Gasteiger partial charge in [-0.05, 0) is 25.5 Å². The van der Waals surface area contributed by atoms with Crippen molar-refractivity contribution in [1.29, 1.82) is 0 Å². The number of ether oxygens (including phenoxy) is 1. The molecule has 0 aliphatic heterocycles. The van der Waals surface area contributed by atoms with Gasteiger partial charge in [0.1, 0.15) is 18.1 Å². The van der Waals surface area contributed by atoms with Crippen LogP contribution >= 0.6 is 0 Å². The minimum atomic E-state index is -0.530. The third-order valence-corrected chi connectivity index (χ3v) is 4.00. The molecule has 0 spiro atoms. The van der Waals surface area contributed by atoms with E-state index in [0.29, 0.717) is 5.69 Å². The average Bonchev–Trinajstić information content (AvgIpc) is 3.29. The predicted molar refractivity (Wildman–Crippen MR) is 101 cm³/mol. The summed E-state index contributed by atoms with van der Waals surface area (Å²) in [4.78, 5) is 22.1. The zero-order chi connectivity index (χ0) is 20.1. The van der Waals surface area contributed by atoms with Crippen molar-refractivity contribution >= 4 is 17.3 Å². The summed E-state index contributed by atoms with van der Waals surface area (Å²) in [5.74, 6) is 0.535. The van der Waals surface area contributed by atoms with E-state index in [2.05, 4.69) is 15.5 Å². The lowest BCUT2D eigenvalue weighted by molar-refractivity contribution is -0.385. The Morgan fingerprint density at radius 3 is 2.71 bits per heavy atom. The quantitative estimate of drug-likeness (QED) is 0.471. The van der Waals surface area contributed by atoms with Crippen LogP contribution in [0.1, 0.15) is 17.5 Å². The van der Waals surface area contributed by atoms with Gasteiger partial charge in [0.25, 0.3) is 0 Å². The van der Waals surface area contributed by atoms with Crippen LogP contribution in [-0.2, 0) is 18.1 Å². The molecule has 2 aromatic heterocycles. The van der Waals surface area contributed by atoms with Gasteiger partial charge in [-0.25, -0.2) is 4.68 Å². The summed E-state index contributed by atoms with van der Waals surface area (Å²) < 4.78 is 8.68. The van der Waals surface area contributed by atoms with Gasteiger partial charge in [0.05, 0.1) is 23.0 Å². The monoisotopic (exact) mass is 384 g/mol. The van der Waals surface area contributed by atoms with Gasteiger partial charge >= 0.3 is 5.69 Å². The Hall–Kier alpha value is -3.69. The zero-order valence-corrected chi connectivity index (χ0v) is 15.5. The first kappa shape index (κ1) is 19.1. The van der Waals surface area contributed by atoms with Crippen LogP contribution in [0.15, 0.2) is 43.0 Å². The fourth-order valence-electron chi connectivity index (χ4n) is 2.60. The maximum absolute atomic E-state index is 12.0. The van der Waals surface area contributed by atoms with E-state index in [1.807, 2.05) is 32.0 Å². The lowest BCUT2D eigenvalue weighted by Crippen LogP contribution is -2.14. The standard InChI is InChI=1S/C18H20N6O4/c1-13-3-4-17(14(2)7-13)28-12-23-10-15(8-19-23)21-18(25)5-6-22-11-16(9-20-22)24(26)27/h3-4,7-11H,5-6,12H2,1-2H3,(H,21,25). The third kappa shape index (κ3) is 4.93. The number of anilines is 1. The van der Waals surface area contributed by atoms with E-state index < -0.39 is 4.92 Å². The van der Waals surface area contributed by atoms with E-state index in [1.165, 1.54) is 22.6 Å². The Kier molecular flexibility index (Phi) is 5.68. The molecular weight excluding hydrogens is 364 g/mol. The topological polar surface area (TPSA) is 117 Å². The second-order valence-corrected chi connectivity index (χ2v) is 6.33. The van der Waals surface area contributed by atoms with Gasteiger partial charge in [0.2, 0.25) is 5.91 Å². The van der Waals surface area contributed by atoms with Crippen LogP contribution < -0.4 is 10.1 Å². The Morgan fingerprint density at radius 1 is 1.21 bits per heavy atom. The van der Waals surface area contributed by atoms with E-state index in [1.54, 1.807) is 10.9 Å². The van der Waals surface area contributed by atoms with E-state index >= 15 is 0 Å². The van der Waals surface area contributed by atoms with Crippen LogP contribution in [0.25, 0.3) is 0 Å². The molecule has 0 atom stereocenters. The normalized spacial score (nSPS) is 10.6. The summed E-state index contributed by atoms with van der Waals surface area (Å²) in [6.07, 6.45) is 5.76. The van der Waals surface area contributed by atoms with Crippen LogP contribution in [0.3, 0.4) is 0 Å². The molecule has 1 amide bonds. The Labute approximate surface area is 160 Å². The van der Waals surface area contributed by atoms with Gasteiger partial charge in [-0.2, -0.15) is 10.2 Å². The number of carbonyl (C=O) groups is 1. The second kappa shape index (κ2) is 8.33. The molecule has 0 saturated carbocycles. The molecule has 10 nitrogen and oxygen atoms in total. The number of aromatic nitrogens is 4. The number of hydrogen-bond acceptors (Lipinski definition) is 6. The number of amides is 1. The summed E-state index contributed by atoms with van der Waals surface area (Å²) in [5, 5.41) is 21.4. The molecule has 28 heavy (non-hydrogen) atoms. The first-order valence-corrected chi connectivity index (χ1v) is 8.60. The number of nitro groups is 1. The number of hydrogen-bond donors (Lipinski definition) is 1. The van der Waals surface area contributed by atoms with Gasteiger partial charge in [-0.15, -0.1) is 0 Å². The van der Waals surface area contributed by atoms with Crippen molar-refractivity contribution in [3.05, 3.63) is 64.2 Å². The molecule has 0 unspecified atom stereocenters. The summed E-state index contributed by atoms with van der Waals surface area (Å²) in [6.45, 7) is 4.46. The Balaban J connectivity index is 1.48. The third-order valence-electron chi connectivity index (χ3n) is 4.00. The van der Waals surface area contributed by atoms with Gasteiger partial charge in [-0.3, -0.25) is 19.6 Å². The lowest BCUT2D eigenvalue weighted by atomic mass is 10.1. The van der Waals surface area contributed by atoms with E-state index in [0.717, 1.165) is 17.5 Å². The number of nitrogens with zero attached hydrogens (tertiary/aromatic N) is 5. The molecule has 1 aromatic carbocycles. The van der Waals surface area contributed by atoms with Crippen molar-refractivity contribution in [2.45, 2.75) is 33.5 Å². The molecule has 1 N–H and O–H groups in total. The first-order valence-electron chi connectivity index (χ1n) is 8.60. The highest BCUT2D eigenvalue weighted by Crippen LogP contribution is 2.19. The molecule has 0 aliphatic rings. The van der Waals surface area contributed by atoms with Crippen LogP contribution in [0, 0.1) is 24.0 Å².